The van der Waals surface area contributed by atoms with E-state index in [0.717, 1.165) is 33.9 Å². The molecule has 0 radical (unpaired) electrons. The number of furan rings is 1. The molecule has 84 valence electrons. The van der Waals surface area contributed by atoms with E-state index in [1.807, 2.05) is 19.1 Å². The molecule has 1 heterocycles. The van der Waals surface area contributed by atoms with E-state index in [4.69, 9.17) is 16.0 Å². The maximum absolute atomic E-state index is 6.01. The maximum Gasteiger partial charge on any atom is 0.137 e. The predicted molar refractivity (Wildman–Crippen MR) is 65.8 cm³/mol. The van der Waals surface area contributed by atoms with Crippen molar-refractivity contribution in [1.82, 2.24) is 5.32 Å². The number of nitrogens with one attached hydrogen (secondary N) is 1. The molecular formula is C13H14ClNO. The molecule has 0 aliphatic heterocycles. The molecule has 0 unspecified atom stereocenters. The second-order valence-corrected chi connectivity index (χ2v) is 4.95. The van der Waals surface area contributed by atoms with Crippen LogP contribution in [0.2, 0.25) is 5.02 Å². The minimum Gasteiger partial charge on any atom is -0.459 e. The Balaban J connectivity index is 1.91. The fourth-order valence-electron chi connectivity index (χ4n) is 1.96. The average molecular weight is 236 g/mol. The molecule has 1 fully saturated rings. The normalized spacial score (nSPS) is 15.9. The van der Waals surface area contributed by atoms with Crippen LogP contribution in [0.1, 0.15) is 24.2 Å². The summed E-state index contributed by atoms with van der Waals surface area (Å²) in [5.41, 5.74) is 2.05. The van der Waals surface area contributed by atoms with E-state index >= 15 is 0 Å². The molecule has 2 nitrogen and oxygen atoms in total. The lowest BCUT2D eigenvalue weighted by Gasteiger charge is -1.97. The van der Waals surface area contributed by atoms with E-state index in [2.05, 4.69) is 11.4 Å². The summed E-state index contributed by atoms with van der Waals surface area (Å²) in [6.45, 7) is 2.84. The summed E-state index contributed by atoms with van der Waals surface area (Å²) in [6.07, 6.45) is 2.59. The van der Waals surface area contributed by atoms with Crippen molar-refractivity contribution >= 4 is 22.6 Å². The summed E-state index contributed by atoms with van der Waals surface area (Å²) in [4.78, 5) is 0. The molecule has 1 aromatic carbocycles. The van der Waals surface area contributed by atoms with Crippen molar-refractivity contribution in [1.29, 1.82) is 0 Å². The monoisotopic (exact) mass is 235 g/mol. The molecule has 1 N–H and O–H groups in total. The number of fused-ring (bicyclic) bond motifs is 1. The first-order chi connectivity index (χ1) is 7.72. The number of hydrogen-bond acceptors (Lipinski definition) is 2. The topological polar surface area (TPSA) is 25.2 Å². The Morgan fingerprint density at radius 2 is 2.19 bits per heavy atom. The zero-order valence-corrected chi connectivity index (χ0v) is 9.97. The molecule has 0 bridgehead atoms. The minimum atomic E-state index is 0.706. The van der Waals surface area contributed by atoms with Crippen molar-refractivity contribution in [2.24, 2.45) is 0 Å². The summed E-state index contributed by atoms with van der Waals surface area (Å²) in [5, 5.41) is 5.31. The van der Waals surface area contributed by atoms with Crippen molar-refractivity contribution in [3.63, 3.8) is 0 Å². The van der Waals surface area contributed by atoms with E-state index in [1.54, 1.807) is 0 Å². The van der Waals surface area contributed by atoms with E-state index in [-0.39, 0.29) is 0 Å². The molecule has 1 aromatic heterocycles. The molecule has 1 aliphatic rings. The smallest absolute Gasteiger partial charge is 0.137 e. The van der Waals surface area contributed by atoms with Crippen molar-refractivity contribution in [2.45, 2.75) is 32.4 Å². The molecule has 16 heavy (non-hydrogen) atoms. The SMILES string of the molecule is Cc1cc(Cl)cc2cc(CNC3CC3)oc12. The highest BCUT2D eigenvalue weighted by Gasteiger charge is 2.20. The van der Waals surface area contributed by atoms with Crippen molar-refractivity contribution in [3.05, 3.63) is 34.5 Å². The van der Waals surface area contributed by atoms with Crippen molar-refractivity contribution < 1.29 is 4.42 Å². The molecule has 0 spiro atoms. The Morgan fingerprint density at radius 1 is 1.38 bits per heavy atom. The zero-order chi connectivity index (χ0) is 11.1. The van der Waals surface area contributed by atoms with Gasteiger partial charge in [0.2, 0.25) is 0 Å². The molecule has 1 saturated carbocycles. The van der Waals surface area contributed by atoms with Gasteiger partial charge >= 0.3 is 0 Å². The fraction of sp³-hybridized carbons (Fsp3) is 0.385. The van der Waals surface area contributed by atoms with Crippen LogP contribution < -0.4 is 5.32 Å². The van der Waals surface area contributed by atoms with E-state index in [0.29, 0.717) is 6.04 Å². The lowest BCUT2D eigenvalue weighted by atomic mass is 10.2. The lowest BCUT2D eigenvalue weighted by molar-refractivity contribution is 0.511. The van der Waals surface area contributed by atoms with Gasteiger partial charge in [0.05, 0.1) is 6.54 Å². The standard InChI is InChI=1S/C13H14ClNO/c1-8-4-10(14)5-9-6-12(16-13(8)9)7-15-11-2-3-11/h4-6,11,15H,2-3,7H2,1H3. The highest BCUT2D eigenvalue weighted by Crippen LogP contribution is 2.27. The van der Waals surface area contributed by atoms with Gasteiger partial charge in [-0.15, -0.1) is 0 Å². The van der Waals surface area contributed by atoms with Crippen LogP contribution in [0.3, 0.4) is 0 Å². The summed E-state index contributed by atoms with van der Waals surface area (Å²) >= 11 is 6.01. The molecular weight excluding hydrogens is 222 g/mol. The highest BCUT2D eigenvalue weighted by atomic mass is 35.5. The Kier molecular flexibility index (Phi) is 2.41. The van der Waals surface area contributed by atoms with Crippen molar-refractivity contribution in [2.75, 3.05) is 0 Å². The Labute approximate surface area is 99.6 Å². The van der Waals surface area contributed by atoms with E-state index < -0.39 is 0 Å². The first kappa shape index (κ1) is 10.2. The van der Waals surface area contributed by atoms with Gasteiger partial charge in [0, 0.05) is 16.5 Å². The second kappa shape index (κ2) is 3.79. The van der Waals surface area contributed by atoms with Crippen LogP contribution in [0.5, 0.6) is 0 Å². The van der Waals surface area contributed by atoms with Gasteiger partial charge in [0.1, 0.15) is 11.3 Å². The molecule has 2 aromatic rings. The number of hydrogen-bond donors (Lipinski definition) is 1. The highest BCUT2D eigenvalue weighted by molar-refractivity contribution is 6.31. The number of aryl methyl sites for hydroxylation is 1. The third-order valence-electron chi connectivity index (χ3n) is 2.96. The first-order valence-electron chi connectivity index (χ1n) is 5.64. The summed E-state index contributed by atoms with van der Waals surface area (Å²) in [6, 6.07) is 6.67. The fourth-order valence-corrected chi connectivity index (χ4v) is 2.24. The van der Waals surface area contributed by atoms with Crippen LogP contribution in [-0.4, -0.2) is 6.04 Å². The summed E-state index contributed by atoms with van der Waals surface area (Å²) < 4.78 is 5.81. The van der Waals surface area contributed by atoms with E-state index in [1.165, 1.54) is 12.8 Å². The quantitative estimate of drug-likeness (QED) is 0.879. The lowest BCUT2D eigenvalue weighted by Crippen LogP contribution is -2.14. The van der Waals surface area contributed by atoms with Crippen LogP contribution in [0, 0.1) is 6.92 Å². The third kappa shape index (κ3) is 1.95. The van der Waals surface area contributed by atoms with Crippen LogP contribution in [0.25, 0.3) is 11.0 Å². The molecule has 3 rings (SSSR count). The zero-order valence-electron chi connectivity index (χ0n) is 9.22. The van der Waals surface area contributed by atoms with Crippen LogP contribution >= 0.6 is 11.6 Å². The Bertz CT molecular complexity index is 528. The Morgan fingerprint density at radius 3 is 2.94 bits per heavy atom. The van der Waals surface area contributed by atoms with Gasteiger partial charge in [-0.2, -0.15) is 0 Å². The maximum atomic E-state index is 6.01. The van der Waals surface area contributed by atoms with Gasteiger partial charge < -0.3 is 9.73 Å². The second-order valence-electron chi connectivity index (χ2n) is 4.51. The number of rotatable bonds is 3. The van der Waals surface area contributed by atoms with Gasteiger partial charge in [-0.3, -0.25) is 0 Å². The van der Waals surface area contributed by atoms with Crippen molar-refractivity contribution in [3.8, 4) is 0 Å². The van der Waals surface area contributed by atoms with Crippen LogP contribution in [-0.2, 0) is 6.54 Å². The van der Waals surface area contributed by atoms with Gasteiger partial charge in [0.15, 0.2) is 0 Å². The predicted octanol–water partition coefficient (Wildman–Crippen LogP) is 3.65. The summed E-state index contributed by atoms with van der Waals surface area (Å²) in [7, 11) is 0. The molecule has 0 atom stereocenters. The molecule has 1 aliphatic carbocycles. The minimum absolute atomic E-state index is 0.706. The van der Waals surface area contributed by atoms with E-state index in [9.17, 15) is 0 Å². The number of halogens is 1. The summed E-state index contributed by atoms with van der Waals surface area (Å²) in [5.74, 6) is 0.993. The van der Waals surface area contributed by atoms with Gasteiger partial charge in [-0.05, 0) is 43.5 Å². The average Bonchev–Trinajstić information content (AvgIpc) is 2.96. The first-order valence-corrected chi connectivity index (χ1v) is 6.02. The van der Waals surface area contributed by atoms with Gasteiger partial charge in [-0.25, -0.2) is 0 Å². The van der Waals surface area contributed by atoms with Gasteiger partial charge in [0.25, 0.3) is 0 Å². The third-order valence-corrected chi connectivity index (χ3v) is 3.18. The largest absolute Gasteiger partial charge is 0.459 e. The Hall–Kier alpha value is -0.990. The molecule has 0 saturated heterocycles. The molecule has 3 heteroatoms. The van der Waals surface area contributed by atoms with Gasteiger partial charge in [-0.1, -0.05) is 11.6 Å². The van der Waals surface area contributed by atoms with Crippen LogP contribution in [0.15, 0.2) is 22.6 Å². The van der Waals surface area contributed by atoms with Crippen LogP contribution in [0.4, 0.5) is 0 Å². The number of benzene rings is 1. The molecule has 0 amide bonds.